The van der Waals surface area contributed by atoms with Crippen LogP contribution in [0.25, 0.3) is 0 Å². The Bertz CT molecular complexity index is 886. The molecule has 8 heteroatoms. The predicted octanol–water partition coefficient (Wildman–Crippen LogP) is 2.70. The highest BCUT2D eigenvalue weighted by Gasteiger charge is 2.58. The molecule has 1 saturated heterocycles. The summed E-state index contributed by atoms with van der Waals surface area (Å²) in [6.45, 7) is 5.54. The van der Waals surface area contributed by atoms with Crippen molar-refractivity contribution < 1.29 is 19.5 Å². The first-order chi connectivity index (χ1) is 15.2. The van der Waals surface area contributed by atoms with Gasteiger partial charge >= 0.3 is 0 Å². The van der Waals surface area contributed by atoms with E-state index in [4.69, 9.17) is 11.6 Å². The van der Waals surface area contributed by atoms with Crippen molar-refractivity contribution in [3.8, 4) is 0 Å². The molecule has 1 fully saturated rings. The monoisotopic (exact) mass is 461 g/mol. The van der Waals surface area contributed by atoms with Gasteiger partial charge in [0.2, 0.25) is 17.7 Å². The Labute approximate surface area is 194 Å². The lowest BCUT2D eigenvalue weighted by Gasteiger charge is -2.35. The Hall–Kier alpha value is -2.38. The number of nitrogens with one attached hydrogen (secondary N) is 2. The number of hydrogen-bond acceptors (Lipinski definition) is 4. The van der Waals surface area contributed by atoms with Gasteiger partial charge < -0.3 is 20.6 Å². The second kappa shape index (κ2) is 10.0. The highest BCUT2D eigenvalue weighted by atomic mass is 35.5. The van der Waals surface area contributed by atoms with Crippen LogP contribution in [0.2, 0.25) is 5.02 Å². The molecule has 6 atom stereocenters. The topological polar surface area (TPSA) is 98.7 Å². The number of aliphatic hydroxyl groups is 1. The van der Waals surface area contributed by atoms with Gasteiger partial charge in [0, 0.05) is 23.7 Å². The molecule has 0 spiro atoms. The van der Waals surface area contributed by atoms with Crippen LogP contribution < -0.4 is 10.6 Å². The first-order valence-electron chi connectivity index (χ1n) is 11.1. The van der Waals surface area contributed by atoms with Crippen molar-refractivity contribution in [2.45, 2.75) is 39.3 Å². The van der Waals surface area contributed by atoms with Crippen molar-refractivity contribution in [3.63, 3.8) is 0 Å². The van der Waals surface area contributed by atoms with Crippen molar-refractivity contribution in [1.29, 1.82) is 0 Å². The molecule has 3 amide bonds. The van der Waals surface area contributed by atoms with Gasteiger partial charge in [-0.2, -0.15) is 0 Å². The molecule has 1 heterocycles. The molecule has 32 heavy (non-hydrogen) atoms. The van der Waals surface area contributed by atoms with E-state index in [9.17, 15) is 19.5 Å². The largest absolute Gasteiger partial charge is 0.394 e. The number of anilines is 1. The lowest BCUT2D eigenvalue weighted by molar-refractivity contribution is -0.143. The number of hydrogen-bond donors (Lipinski definition) is 3. The molecule has 0 bridgehead atoms. The molecule has 0 radical (unpaired) electrons. The predicted molar refractivity (Wildman–Crippen MR) is 124 cm³/mol. The summed E-state index contributed by atoms with van der Waals surface area (Å²) in [5.74, 6) is -2.64. The van der Waals surface area contributed by atoms with Gasteiger partial charge in [0.05, 0.1) is 24.5 Å². The Morgan fingerprint density at radius 1 is 1.16 bits per heavy atom. The van der Waals surface area contributed by atoms with Crippen LogP contribution in [0, 0.1) is 29.6 Å². The summed E-state index contributed by atoms with van der Waals surface area (Å²) in [5.41, 5.74) is 0.564. The molecule has 2 aliphatic rings. The SMILES string of the molecule is CC[C@@H]1C=C[C@H]2[C@@H](C(=O)N([C@@H](CO)C(C)C)[C@@H]2C(=O)Nc2ccc(Cl)cc2)[C@@H]1C(=O)NC. The minimum Gasteiger partial charge on any atom is -0.394 e. The van der Waals surface area contributed by atoms with E-state index in [0.29, 0.717) is 17.1 Å². The summed E-state index contributed by atoms with van der Waals surface area (Å²) in [7, 11) is 1.56. The molecule has 174 valence electrons. The Kier molecular flexibility index (Phi) is 7.62. The van der Waals surface area contributed by atoms with Gasteiger partial charge in [0.15, 0.2) is 0 Å². The number of halogens is 1. The molecule has 1 aliphatic carbocycles. The summed E-state index contributed by atoms with van der Waals surface area (Å²) in [4.78, 5) is 41.6. The van der Waals surface area contributed by atoms with Crippen molar-refractivity contribution in [2.75, 3.05) is 19.0 Å². The van der Waals surface area contributed by atoms with Crippen molar-refractivity contribution in [2.24, 2.45) is 29.6 Å². The van der Waals surface area contributed by atoms with Crippen molar-refractivity contribution >= 4 is 35.0 Å². The molecule has 1 aliphatic heterocycles. The van der Waals surface area contributed by atoms with Crippen LogP contribution in [0.15, 0.2) is 36.4 Å². The molecule has 0 aromatic heterocycles. The number of rotatable bonds is 7. The van der Waals surface area contributed by atoms with E-state index in [-0.39, 0.29) is 36.2 Å². The highest BCUT2D eigenvalue weighted by Crippen LogP contribution is 2.46. The maximum Gasteiger partial charge on any atom is 0.247 e. The third-order valence-electron chi connectivity index (χ3n) is 6.76. The van der Waals surface area contributed by atoms with Gasteiger partial charge in [0.1, 0.15) is 6.04 Å². The molecule has 3 rings (SSSR count). The standard InChI is InChI=1S/C24H32ClN3O4/c1-5-14-6-11-17-20(19(14)22(30)26-4)24(32)28(18(12-29)13(2)3)21(17)23(31)27-16-9-7-15(25)8-10-16/h6-11,13-14,17-21,29H,5,12H2,1-4H3,(H,26,30)(H,27,31)/t14-,17+,18+,19-,20-,21+/m1/s1. The summed E-state index contributed by atoms with van der Waals surface area (Å²) >= 11 is 5.95. The maximum atomic E-state index is 13.8. The molecule has 0 saturated carbocycles. The Balaban J connectivity index is 2.04. The Morgan fingerprint density at radius 2 is 1.81 bits per heavy atom. The minimum atomic E-state index is -0.830. The number of aliphatic hydroxyl groups excluding tert-OH is 1. The van der Waals surface area contributed by atoms with Crippen LogP contribution in [-0.4, -0.2) is 53.5 Å². The normalized spacial score (nSPS) is 27.9. The number of nitrogens with zero attached hydrogens (tertiary/aromatic N) is 1. The van der Waals surface area contributed by atoms with Crippen LogP contribution in [-0.2, 0) is 14.4 Å². The van der Waals surface area contributed by atoms with Gasteiger partial charge in [-0.3, -0.25) is 14.4 Å². The molecule has 1 aromatic carbocycles. The smallest absolute Gasteiger partial charge is 0.247 e. The van der Waals surface area contributed by atoms with Crippen LogP contribution in [0.5, 0.6) is 0 Å². The number of fused-ring (bicyclic) bond motifs is 1. The Morgan fingerprint density at radius 3 is 2.34 bits per heavy atom. The third kappa shape index (κ3) is 4.41. The first-order valence-corrected chi connectivity index (χ1v) is 11.5. The van der Waals surface area contributed by atoms with Gasteiger partial charge in [0.25, 0.3) is 0 Å². The second-order valence-corrected chi connectivity index (χ2v) is 9.32. The zero-order valence-corrected chi connectivity index (χ0v) is 19.7. The number of carbonyl (C=O) groups is 3. The summed E-state index contributed by atoms with van der Waals surface area (Å²) in [5, 5.41) is 16.2. The van der Waals surface area contributed by atoms with Crippen molar-refractivity contribution in [3.05, 3.63) is 41.4 Å². The van der Waals surface area contributed by atoms with Crippen LogP contribution in [0.4, 0.5) is 5.69 Å². The zero-order chi connectivity index (χ0) is 23.6. The summed E-state index contributed by atoms with van der Waals surface area (Å²) < 4.78 is 0. The fourth-order valence-electron chi connectivity index (χ4n) is 5.09. The number of benzene rings is 1. The van der Waals surface area contributed by atoms with E-state index in [2.05, 4.69) is 10.6 Å². The fraction of sp³-hybridized carbons (Fsp3) is 0.542. The average molecular weight is 462 g/mol. The molecule has 7 nitrogen and oxygen atoms in total. The van der Waals surface area contributed by atoms with Gasteiger partial charge in [-0.1, -0.05) is 44.5 Å². The van der Waals surface area contributed by atoms with E-state index in [1.54, 1.807) is 31.3 Å². The van der Waals surface area contributed by atoms with E-state index >= 15 is 0 Å². The van der Waals surface area contributed by atoms with Crippen LogP contribution >= 0.6 is 11.6 Å². The molecule has 3 N–H and O–H groups in total. The zero-order valence-electron chi connectivity index (χ0n) is 18.9. The van der Waals surface area contributed by atoms with E-state index in [0.717, 1.165) is 0 Å². The lowest BCUT2D eigenvalue weighted by Crippen LogP contribution is -2.52. The number of allylic oxidation sites excluding steroid dienone is 1. The fourth-order valence-corrected chi connectivity index (χ4v) is 5.21. The molecular weight excluding hydrogens is 430 g/mol. The summed E-state index contributed by atoms with van der Waals surface area (Å²) in [6.07, 6.45) is 4.58. The van der Waals surface area contributed by atoms with Gasteiger partial charge in [-0.25, -0.2) is 0 Å². The maximum absolute atomic E-state index is 13.8. The van der Waals surface area contributed by atoms with Gasteiger partial charge in [-0.05, 0) is 42.5 Å². The second-order valence-electron chi connectivity index (χ2n) is 8.88. The third-order valence-corrected chi connectivity index (χ3v) is 7.01. The van der Waals surface area contributed by atoms with E-state index < -0.39 is 29.8 Å². The molecule has 0 unspecified atom stereocenters. The number of amides is 3. The van der Waals surface area contributed by atoms with E-state index in [1.165, 1.54) is 4.90 Å². The van der Waals surface area contributed by atoms with Gasteiger partial charge in [-0.15, -0.1) is 0 Å². The quantitative estimate of drug-likeness (QED) is 0.543. The van der Waals surface area contributed by atoms with Crippen LogP contribution in [0.3, 0.4) is 0 Å². The lowest BCUT2D eigenvalue weighted by atomic mass is 9.69. The van der Waals surface area contributed by atoms with Crippen molar-refractivity contribution in [1.82, 2.24) is 10.2 Å². The van der Waals surface area contributed by atoms with E-state index in [1.807, 2.05) is 32.9 Å². The highest BCUT2D eigenvalue weighted by molar-refractivity contribution is 6.30. The average Bonchev–Trinajstić information content (AvgIpc) is 3.06. The molecular formula is C24H32ClN3O4. The molecule has 1 aromatic rings. The number of likely N-dealkylation sites (tertiary alicyclic amines) is 1. The van der Waals surface area contributed by atoms with Crippen LogP contribution in [0.1, 0.15) is 27.2 Å². The summed E-state index contributed by atoms with van der Waals surface area (Å²) in [6, 6.07) is 5.38. The number of carbonyl (C=O) groups excluding carboxylic acids is 3. The minimum absolute atomic E-state index is 0.0701. The first kappa shape index (κ1) is 24.3.